The van der Waals surface area contributed by atoms with Gasteiger partial charge in [0.15, 0.2) is 0 Å². The quantitative estimate of drug-likeness (QED) is 0.784. The van der Waals surface area contributed by atoms with Gasteiger partial charge in [0.05, 0.1) is 5.69 Å². The molecule has 4 nitrogen and oxygen atoms in total. The minimum Gasteiger partial charge on any atom is -0.347 e. The van der Waals surface area contributed by atoms with Crippen LogP contribution in [0.15, 0.2) is 12.3 Å². The van der Waals surface area contributed by atoms with E-state index in [9.17, 15) is 0 Å². The summed E-state index contributed by atoms with van der Waals surface area (Å²) in [5, 5.41) is 3.41. The molecular formula is C11H18N4. The van der Waals surface area contributed by atoms with Gasteiger partial charge >= 0.3 is 0 Å². The summed E-state index contributed by atoms with van der Waals surface area (Å²) in [7, 11) is 3.94. The third-order valence-corrected chi connectivity index (χ3v) is 2.78. The minimum atomic E-state index is 0.556. The molecule has 0 radical (unpaired) electrons. The van der Waals surface area contributed by atoms with Gasteiger partial charge in [-0.25, -0.2) is 9.97 Å². The van der Waals surface area contributed by atoms with Gasteiger partial charge in [0.2, 0.25) is 5.95 Å². The molecule has 2 rings (SSSR count). The van der Waals surface area contributed by atoms with Crippen LogP contribution in [0.2, 0.25) is 0 Å². The van der Waals surface area contributed by atoms with E-state index in [0.717, 1.165) is 19.0 Å². The Balaban J connectivity index is 2.16. The molecule has 0 aliphatic carbocycles. The Bertz CT molecular complexity index is 318. The van der Waals surface area contributed by atoms with Crippen LogP contribution in [0, 0.1) is 0 Å². The van der Waals surface area contributed by atoms with Crippen molar-refractivity contribution in [1.29, 1.82) is 0 Å². The minimum absolute atomic E-state index is 0.556. The topological polar surface area (TPSA) is 41.1 Å². The van der Waals surface area contributed by atoms with E-state index in [-0.39, 0.29) is 0 Å². The molecule has 1 aliphatic heterocycles. The molecule has 1 aliphatic rings. The molecule has 1 aromatic rings. The highest BCUT2D eigenvalue weighted by Gasteiger charge is 2.16. The number of nitrogens with one attached hydrogen (secondary N) is 1. The van der Waals surface area contributed by atoms with E-state index in [2.05, 4.69) is 15.3 Å². The lowest BCUT2D eigenvalue weighted by molar-refractivity contribution is 0.454. The highest BCUT2D eigenvalue weighted by Crippen LogP contribution is 2.21. The zero-order chi connectivity index (χ0) is 10.7. The summed E-state index contributed by atoms with van der Waals surface area (Å²) in [4.78, 5) is 10.7. The first-order valence-electron chi connectivity index (χ1n) is 5.48. The second kappa shape index (κ2) is 4.57. The van der Waals surface area contributed by atoms with Crippen LogP contribution in [0.1, 0.15) is 24.5 Å². The second-order valence-electron chi connectivity index (χ2n) is 4.22. The number of nitrogens with zero attached hydrogens (tertiary/aromatic N) is 3. The fourth-order valence-corrected chi connectivity index (χ4v) is 1.91. The Labute approximate surface area is 90.7 Å². The fraction of sp³-hybridized carbons (Fsp3) is 0.636. The third-order valence-electron chi connectivity index (χ3n) is 2.78. The van der Waals surface area contributed by atoms with Crippen molar-refractivity contribution >= 4 is 5.95 Å². The van der Waals surface area contributed by atoms with Gasteiger partial charge in [-0.05, 0) is 25.5 Å². The van der Waals surface area contributed by atoms with Crippen molar-refractivity contribution in [1.82, 2.24) is 15.3 Å². The van der Waals surface area contributed by atoms with Gasteiger partial charge in [0.1, 0.15) is 0 Å². The maximum absolute atomic E-state index is 4.57. The SMILES string of the molecule is CN(C)c1nccc(C2CCCNC2)n1. The lowest BCUT2D eigenvalue weighted by Crippen LogP contribution is -2.29. The second-order valence-corrected chi connectivity index (χ2v) is 4.22. The van der Waals surface area contributed by atoms with Crippen molar-refractivity contribution in [2.75, 3.05) is 32.1 Å². The number of hydrogen-bond donors (Lipinski definition) is 1. The average Bonchev–Trinajstić information content (AvgIpc) is 2.30. The molecule has 0 aromatic carbocycles. The normalized spacial score (nSPS) is 21.3. The summed E-state index contributed by atoms with van der Waals surface area (Å²) in [6.07, 6.45) is 4.33. The van der Waals surface area contributed by atoms with Gasteiger partial charge in [-0.1, -0.05) is 0 Å². The van der Waals surface area contributed by atoms with Crippen LogP contribution in [0.4, 0.5) is 5.95 Å². The van der Waals surface area contributed by atoms with E-state index in [1.54, 1.807) is 0 Å². The molecule has 0 amide bonds. The number of aromatic nitrogens is 2. The Kier molecular flexibility index (Phi) is 3.16. The van der Waals surface area contributed by atoms with Crippen LogP contribution < -0.4 is 10.2 Å². The predicted octanol–water partition coefficient (Wildman–Crippen LogP) is 1.01. The Morgan fingerprint density at radius 1 is 1.47 bits per heavy atom. The van der Waals surface area contributed by atoms with Crippen LogP contribution in [0.25, 0.3) is 0 Å². The number of hydrogen-bond acceptors (Lipinski definition) is 4. The van der Waals surface area contributed by atoms with E-state index in [4.69, 9.17) is 0 Å². The maximum atomic E-state index is 4.57. The van der Waals surface area contributed by atoms with Gasteiger partial charge in [-0.3, -0.25) is 0 Å². The molecule has 0 bridgehead atoms. The molecule has 1 unspecified atom stereocenters. The lowest BCUT2D eigenvalue weighted by atomic mass is 9.96. The highest BCUT2D eigenvalue weighted by atomic mass is 15.2. The Morgan fingerprint density at radius 3 is 3.00 bits per heavy atom. The van der Waals surface area contributed by atoms with Gasteiger partial charge < -0.3 is 10.2 Å². The molecule has 1 aromatic heterocycles. The molecule has 0 spiro atoms. The first kappa shape index (κ1) is 10.4. The largest absolute Gasteiger partial charge is 0.347 e. The Hall–Kier alpha value is -1.16. The van der Waals surface area contributed by atoms with Crippen LogP contribution in [-0.2, 0) is 0 Å². The molecule has 15 heavy (non-hydrogen) atoms. The molecular weight excluding hydrogens is 188 g/mol. The molecule has 1 fully saturated rings. The number of rotatable bonds is 2. The van der Waals surface area contributed by atoms with E-state index >= 15 is 0 Å². The van der Waals surface area contributed by atoms with Crippen LogP contribution in [0.5, 0.6) is 0 Å². The molecule has 4 heteroatoms. The van der Waals surface area contributed by atoms with E-state index in [0.29, 0.717) is 5.92 Å². The van der Waals surface area contributed by atoms with E-state index in [1.807, 2.05) is 31.3 Å². The van der Waals surface area contributed by atoms with Crippen LogP contribution >= 0.6 is 0 Å². The maximum Gasteiger partial charge on any atom is 0.224 e. The molecule has 2 heterocycles. The first-order chi connectivity index (χ1) is 7.27. The van der Waals surface area contributed by atoms with E-state index < -0.39 is 0 Å². The van der Waals surface area contributed by atoms with Crippen LogP contribution in [-0.4, -0.2) is 37.2 Å². The summed E-state index contributed by atoms with van der Waals surface area (Å²) in [6.45, 7) is 2.19. The zero-order valence-electron chi connectivity index (χ0n) is 9.40. The van der Waals surface area contributed by atoms with Crippen molar-refractivity contribution in [3.05, 3.63) is 18.0 Å². The number of piperidine rings is 1. The summed E-state index contributed by atoms with van der Waals surface area (Å²) >= 11 is 0. The summed E-state index contributed by atoms with van der Waals surface area (Å²) in [5.74, 6) is 1.36. The summed E-state index contributed by atoms with van der Waals surface area (Å²) in [5.41, 5.74) is 1.17. The van der Waals surface area contributed by atoms with E-state index in [1.165, 1.54) is 18.5 Å². The zero-order valence-corrected chi connectivity index (χ0v) is 9.40. The standard InChI is InChI=1S/C11H18N4/c1-15(2)11-13-7-5-10(14-11)9-4-3-6-12-8-9/h5,7,9,12H,3-4,6,8H2,1-2H3. The first-order valence-corrected chi connectivity index (χ1v) is 5.48. The molecule has 1 N–H and O–H groups in total. The van der Waals surface area contributed by atoms with Crippen LogP contribution in [0.3, 0.4) is 0 Å². The van der Waals surface area contributed by atoms with Crippen molar-refractivity contribution in [2.24, 2.45) is 0 Å². The van der Waals surface area contributed by atoms with Crippen molar-refractivity contribution < 1.29 is 0 Å². The smallest absolute Gasteiger partial charge is 0.224 e. The fourth-order valence-electron chi connectivity index (χ4n) is 1.91. The van der Waals surface area contributed by atoms with Gasteiger partial charge in [-0.2, -0.15) is 0 Å². The Morgan fingerprint density at radius 2 is 2.33 bits per heavy atom. The average molecular weight is 206 g/mol. The highest BCUT2D eigenvalue weighted by molar-refractivity contribution is 5.28. The summed E-state index contributed by atoms with van der Waals surface area (Å²) < 4.78 is 0. The lowest BCUT2D eigenvalue weighted by Gasteiger charge is -2.22. The molecule has 82 valence electrons. The molecule has 1 atom stereocenters. The molecule has 0 saturated carbocycles. The molecule has 1 saturated heterocycles. The van der Waals surface area contributed by atoms with Crippen molar-refractivity contribution in [3.63, 3.8) is 0 Å². The van der Waals surface area contributed by atoms with Gasteiger partial charge in [0.25, 0.3) is 0 Å². The monoisotopic (exact) mass is 206 g/mol. The van der Waals surface area contributed by atoms with Crippen molar-refractivity contribution in [2.45, 2.75) is 18.8 Å². The van der Waals surface area contributed by atoms with Gasteiger partial charge in [0, 0.05) is 32.8 Å². The summed E-state index contributed by atoms with van der Waals surface area (Å²) in [6, 6.07) is 2.03. The van der Waals surface area contributed by atoms with Gasteiger partial charge in [-0.15, -0.1) is 0 Å². The predicted molar refractivity (Wildman–Crippen MR) is 61.2 cm³/mol. The number of anilines is 1. The third kappa shape index (κ3) is 2.45. The van der Waals surface area contributed by atoms with Crippen molar-refractivity contribution in [3.8, 4) is 0 Å².